The van der Waals surface area contributed by atoms with E-state index in [0.717, 1.165) is 11.1 Å². The van der Waals surface area contributed by atoms with E-state index in [9.17, 15) is 14.0 Å². The third kappa shape index (κ3) is 4.60. The Kier molecular flexibility index (Phi) is 6.30. The molecule has 0 saturated heterocycles. The van der Waals surface area contributed by atoms with Gasteiger partial charge < -0.3 is 20.5 Å². The standard InChI is InChI=1S/C27H23FN4O4/c28-20-7-5-19(15-36-24(34)9-10-33)21(12-20)16-6-8-23-22(11-16)25(31-27(29)30-23)26(35)32-13-17-3-1-2-4-18(17)14-32/h1-8,11-12,33H,9-10,13-15H2,(H2,29,30,31). The van der Waals surface area contributed by atoms with Crippen LogP contribution in [0.4, 0.5) is 10.3 Å². The number of benzene rings is 3. The fraction of sp³-hybridized carbons (Fsp3) is 0.185. The lowest BCUT2D eigenvalue weighted by atomic mass is 9.97. The highest BCUT2D eigenvalue weighted by atomic mass is 19.1. The highest BCUT2D eigenvalue weighted by molar-refractivity contribution is 6.06. The normalized spacial score (nSPS) is 12.6. The SMILES string of the molecule is Nc1nc(C(=O)N2Cc3ccccc3C2)c2cc(-c3cc(F)ccc3COC(=O)CCO)ccc2n1. The molecule has 3 aromatic carbocycles. The lowest BCUT2D eigenvalue weighted by Crippen LogP contribution is -2.27. The summed E-state index contributed by atoms with van der Waals surface area (Å²) in [6, 6.07) is 17.2. The molecule has 36 heavy (non-hydrogen) atoms. The Balaban J connectivity index is 1.53. The molecule has 1 aliphatic heterocycles. The third-order valence-electron chi connectivity index (χ3n) is 6.13. The average Bonchev–Trinajstić information content (AvgIpc) is 3.31. The molecule has 0 unspecified atom stereocenters. The maximum absolute atomic E-state index is 14.2. The van der Waals surface area contributed by atoms with Crippen LogP contribution in [-0.2, 0) is 29.2 Å². The lowest BCUT2D eigenvalue weighted by molar-refractivity contribution is -0.145. The van der Waals surface area contributed by atoms with Gasteiger partial charge in [-0.25, -0.2) is 14.4 Å². The van der Waals surface area contributed by atoms with Crippen molar-refractivity contribution in [3.63, 3.8) is 0 Å². The van der Waals surface area contributed by atoms with Crippen LogP contribution in [0.15, 0.2) is 60.7 Å². The van der Waals surface area contributed by atoms with E-state index in [0.29, 0.717) is 40.7 Å². The first-order valence-corrected chi connectivity index (χ1v) is 11.4. The number of nitrogens with two attached hydrogens (primary N) is 1. The molecule has 0 saturated carbocycles. The zero-order chi connectivity index (χ0) is 25.2. The van der Waals surface area contributed by atoms with Gasteiger partial charge in [-0.1, -0.05) is 36.4 Å². The highest BCUT2D eigenvalue weighted by Gasteiger charge is 2.27. The predicted octanol–water partition coefficient (Wildman–Crippen LogP) is 3.60. The molecule has 3 N–H and O–H groups in total. The van der Waals surface area contributed by atoms with Crippen molar-refractivity contribution in [2.45, 2.75) is 26.1 Å². The molecular formula is C27H23FN4O4. The van der Waals surface area contributed by atoms with Gasteiger partial charge >= 0.3 is 5.97 Å². The van der Waals surface area contributed by atoms with Crippen molar-refractivity contribution < 1.29 is 23.8 Å². The molecule has 0 radical (unpaired) electrons. The van der Waals surface area contributed by atoms with Gasteiger partial charge in [0.1, 0.15) is 18.1 Å². The second kappa shape index (κ2) is 9.71. The minimum atomic E-state index is -0.561. The van der Waals surface area contributed by atoms with Gasteiger partial charge in [-0.05, 0) is 52.1 Å². The van der Waals surface area contributed by atoms with Crippen LogP contribution in [0, 0.1) is 5.82 Å². The third-order valence-corrected chi connectivity index (χ3v) is 6.13. The first-order valence-electron chi connectivity index (χ1n) is 11.4. The number of halogens is 1. The minimum Gasteiger partial charge on any atom is -0.461 e. The molecule has 1 amide bonds. The van der Waals surface area contributed by atoms with Crippen LogP contribution in [0.5, 0.6) is 0 Å². The number of anilines is 1. The van der Waals surface area contributed by atoms with Crippen molar-refractivity contribution in [2.24, 2.45) is 0 Å². The number of nitrogens with zero attached hydrogens (tertiary/aromatic N) is 3. The van der Waals surface area contributed by atoms with Gasteiger partial charge in [-0.3, -0.25) is 9.59 Å². The Hall–Kier alpha value is -4.37. The molecule has 1 aliphatic rings. The fourth-order valence-corrected chi connectivity index (χ4v) is 4.37. The van der Waals surface area contributed by atoms with Gasteiger partial charge in [-0.15, -0.1) is 0 Å². The van der Waals surface area contributed by atoms with Crippen molar-refractivity contribution >= 4 is 28.7 Å². The lowest BCUT2D eigenvalue weighted by Gasteiger charge is -2.17. The molecule has 2 heterocycles. The number of carbonyl (C=O) groups is 2. The Labute approximate surface area is 206 Å². The summed E-state index contributed by atoms with van der Waals surface area (Å²) in [5.41, 5.74) is 10.4. The number of fused-ring (bicyclic) bond motifs is 2. The van der Waals surface area contributed by atoms with Crippen LogP contribution < -0.4 is 5.73 Å². The van der Waals surface area contributed by atoms with Crippen molar-refractivity contribution in [1.29, 1.82) is 0 Å². The van der Waals surface area contributed by atoms with E-state index in [-0.39, 0.29) is 37.2 Å². The molecule has 0 bridgehead atoms. The van der Waals surface area contributed by atoms with Gasteiger partial charge in [0, 0.05) is 18.5 Å². The summed E-state index contributed by atoms with van der Waals surface area (Å²) < 4.78 is 19.4. The van der Waals surface area contributed by atoms with Crippen molar-refractivity contribution in [1.82, 2.24) is 14.9 Å². The molecule has 8 nitrogen and oxygen atoms in total. The zero-order valence-corrected chi connectivity index (χ0v) is 19.3. The average molecular weight is 487 g/mol. The number of hydrogen-bond acceptors (Lipinski definition) is 7. The highest BCUT2D eigenvalue weighted by Crippen LogP contribution is 2.31. The molecule has 1 aromatic heterocycles. The van der Waals surface area contributed by atoms with Gasteiger partial charge in [0.2, 0.25) is 5.95 Å². The number of carbonyl (C=O) groups excluding carboxylic acids is 2. The number of aliphatic hydroxyl groups is 1. The Bertz CT molecular complexity index is 1470. The van der Waals surface area contributed by atoms with Crippen LogP contribution in [0.1, 0.15) is 33.6 Å². The quantitative estimate of drug-likeness (QED) is 0.400. The first kappa shape index (κ1) is 23.4. The Morgan fingerprint density at radius 3 is 2.50 bits per heavy atom. The Morgan fingerprint density at radius 1 is 1.03 bits per heavy atom. The van der Waals surface area contributed by atoms with Crippen LogP contribution in [0.25, 0.3) is 22.0 Å². The number of aliphatic hydroxyl groups excluding tert-OH is 1. The smallest absolute Gasteiger partial charge is 0.308 e. The summed E-state index contributed by atoms with van der Waals surface area (Å²) in [5, 5.41) is 9.40. The minimum absolute atomic E-state index is 0.0162. The summed E-state index contributed by atoms with van der Waals surface area (Å²) in [4.78, 5) is 35.5. The van der Waals surface area contributed by atoms with Crippen LogP contribution in [0.2, 0.25) is 0 Å². The number of aromatic nitrogens is 2. The molecule has 0 fully saturated rings. The number of rotatable bonds is 6. The van der Waals surface area contributed by atoms with E-state index in [1.54, 1.807) is 23.1 Å². The molecule has 9 heteroatoms. The van der Waals surface area contributed by atoms with E-state index < -0.39 is 11.8 Å². The van der Waals surface area contributed by atoms with Gasteiger partial charge in [0.05, 0.1) is 18.5 Å². The predicted molar refractivity (Wildman–Crippen MR) is 131 cm³/mol. The fourth-order valence-electron chi connectivity index (χ4n) is 4.37. The largest absolute Gasteiger partial charge is 0.461 e. The van der Waals surface area contributed by atoms with E-state index in [2.05, 4.69) is 9.97 Å². The van der Waals surface area contributed by atoms with Crippen LogP contribution >= 0.6 is 0 Å². The number of hydrogen-bond donors (Lipinski definition) is 2. The van der Waals surface area contributed by atoms with Crippen LogP contribution in [0.3, 0.4) is 0 Å². The molecule has 4 aromatic rings. The molecular weight excluding hydrogens is 463 g/mol. The van der Waals surface area contributed by atoms with Crippen LogP contribution in [-0.4, -0.2) is 38.5 Å². The monoisotopic (exact) mass is 486 g/mol. The maximum atomic E-state index is 14.2. The first-order chi connectivity index (χ1) is 17.4. The van der Waals surface area contributed by atoms with Crippen molar-refractivity contribution in [3.05, 3.63) is 88.9 Å². The second-order valence-electron chi connectivity index (χ2n) is 8.53. The molecule has 0 spiro atoms. The summed E-state index contributed by atoms with van der Waals surface area (Å²) in [6.45, 7) is 0.519. The number of ether oxygens (including phenoxy) is 1. The molecule has 182 valence electrons. The zero-order valence-electron chi connectivity index (χ0n) is 19.3. The Morgan fingerprint density at radius 2 is 1.78 bits per heavy atom. The molecule has 5 rings (SSSR count). The van der Waals surface area contributed by atoms with E-state index in [1.165, 1.54) is 18.2 Å². The van der Waals surface area contributed by atoms with Crippen molar-refractivity contribution in [2.75, 3.05) is 12.3 Å². The van der Waals surface area contributed by atoms with Gasteiger partial charge in [-0.2, -0.15) is 0 Å². The van der Waals surface area contributed by atoms with Gasteiger partial charge in [0.15, 0.2) is 0 Å². The summed E-state index contributed by atoms with van der Waals surface area (Å²) in [7, 11) is 0. The maximum Gasteiger partial charge on any atom is 0.308 e. The molecule has 0 atom stereocenters. The van der Waals surface area contributed by atoms with E-state index in [1.807, 2.05) is 24.3 Å². The van der Waals surface area contributed by atoms with E-state index in [4.69, 9.17) is 15.6 Å². The molecule has 0 aliphatic carbocycles. The summed E-state index contributed by atoms with van der Waals surface area (Å²) in [6.07, 6.45) is -0.128. The summed E-state index contributed by atoms with van der Waals surface area (Å²) in [5.74, 6) is -1.32. The number of esters is 1. The van der Waals surface area contributed by atoms with E-state index >= 15 is 0 Å². The van der Waals surface area contributed by atoms with Crippen molar-refractivity contribution in [3.8, 4) is 11.1 Å². The second-order valence-corrected chi connectivity index (χ2v) is 8.53. The number of nitrogen functional groups attached to an aromatic ring is 1. The summed E-state index contributed by atoms with van der Waals surface area (Å²) >= 11 is 0. The van der Waals surface area contributed by atoms with Gasteiger partial charge in [0.25, 0.3) is 5.91 Å². The number of amides is 1. The topological polar surface area (TPSA) is 119 Å².